The van der Waals surface area contributed by atoms with Gasteiger partial charge in [-0.25, -0.2) is 9.69 Å². The number of halogens is 2. The fourth-order valence-electron chi connectivity index (χ4n) is 1.85. The first-order valence-corrected chi connectivity index (χ1v) is 7.63. The highest BCUT2D eigenvalue weighted by Gasteiger charge is 2.42. The number of nitrogens with one attached hydrogen (secondary N) is 1. The molecule has 1 heterocycles. The van der Waals surface area contributed by atoms with E-state index in [1.807, 2.05) is 13.2 Å². The average Bonchev–Trinajstić information content (AvgIpc) is 2.68. The Bertz CT molecular complexity index is 538. The minimum absolute atomic E-state index is 0.0144. The Morgan fingerprint density at radius 1 is 1.37 bits per heavy atom. The monoisotopic (exact) mass is 318 g/mol. The number of rotatable bonds is 3. The number of benzene rings is 1. The van der Waals surface area contributed by atoms with Gasteiger partial charge in [0.05, 0.1) is 15.7 Å². The molecule has 0 aromatic heterocycles. The third-order valence-electron chi connectivity index (χ3n) is 2.98. The summed E-state index contributed by atoms with van der Waals surface area (Å²) in [6.07, 6.45) is 1.89. The molecule has 0 aliphatic carbocycles. The average molecular weight is 319 g/mol. The van der Waals surface area contributed by atoms with Crippen molar-refractivity contribution in [1.82, 2.24) is 5.32 Å². The van der Waals surface area contributed by atoms with Crippen molar-refractivity contribution in [3.8, 4) is 0 Å². The van der Waals surface area contributed by atoms with Crippen LogP contribution in [-0.4, -0.2) is 29.5 Å². The third-order valence-corrected chi connectivity index (χ3v) is 4.81. The Balaban J connectivity index is 2.38. The van der Waals surface area contributed by atoms with Gasteiger partial charge in [-0.2, -0.15) is 11.8 Å². The molecule has 3 amide bonds. The van der Waals surface area contributed by atoms with Crippen LogP contribution in [0.15, 0.2) is 18.2 Å². The summed E-state index contributed by atoms with van der Waals surface area (Å²) in [5.41, 5.74) is 0.312. The maximum atomic E-state index is 12.3. The minimum Gasteiger partial charge on any atom is -0.324 e. The number of anilines is 1. The van der Waals surface area contributed by atoms with Crippen LogP contribution >= 0.6 is 35.0 Å². The van der Waals surface area contributed by atoms with Gasteiger partial charge >= 0.3 is 6.03 Å². The van der Waals surface area contributed by atoms with Crippen LogP contribution in [0, 0.1) is 0 Å². The largest absolute Gasteiger partial charge is 0.329 e. The van der Waals surface area contributed by atoms with Crippen molar-refractivity contribution in [3.63, 3.8) is 0 Å². The molecule has 1 aromatic rings. The zero-order valence-electron chi connectivity index (χ0n) is 10.3. The van der Waals surface area contributed by atoms with Gasteiger partial charge in [0.15, 0.2) is 0 Å². The van der Waals surface area contributed by atoms with Crippen LogP contribution in [0.25, 0.3) is 0 Å². The van der Waals surface area contributed by atoms with Crippen LogP contribution in [-0.2, 0) is 4.79 Å². The number of amides is 3. The minimum atomic E-state index is -0.544. The first kappa shape index (κ1) is 14.5. The Hall–Kier alpha value is -0.910. The van der Waals surface area contributed by atoms with Crippen LogP contribution in [0.5, 0.6) is 0 Å². The van der Waals surface area contributed by atoms with E-state index in [-0.39, 0.29) is 16.2 Å². The second-order valence-corrected chi connectivity index (χ2v) is 6.11. The highest BCUT2D eigenvalue weighted by Crippen LogP contribution is 2.34. The molecule has 1 saturated heterocycles. The number of hydrogen-bond acceptors (Lipinski definition) is 3. The summed E-state index contributed by atoms with van der Waals surface area (Å²) in [6, 6.07) is 3.83. The van der Waals surface area contributed by atoms with Crippen molar-refractivity contribution in [1.29, 1.82) is 0 Å². The van der Waals surface area contributed by atoms with Gasteiger partial charge in [0.25, 0.3) is 5.91 Å². The topological polar surface area (TPSA) is 49.4 Å². The lowest BCUT2D eigenvalue weighted by Gasteiger charge is -2.17. The molecule has 4 nitrogen and oxygen atoms in total. The van der Waals surface area contributed by atoms with E-state index in [1.54, 1.807) is 18.2 Å². The highest BCUT2D eigenvalue weighted by molar-refractivity contribution is 7.99. The molecule has 2 rings (SSSR count). The highest BCUT2D eigenvalue weighted by atomic mass is 35.5. The zero-order chi connectivity index (χ0) is 14.2. The van der Waals surface area contributed by atoms with Crippen LogP contribution in [0.3, 0.4) is 0 Å². The van der Waals surface area contributed by atoms with E-state index < -0.39 is 12.1 Å². The van der Waals surface area contributed by atoms with Crippen molar-refractivity contribution in [2.75, 3.05) is 11.2 Å². The van der Waals surface area contributed by atoms with Gasteiger partial charge in [0.1, 0.15) is 6.04 Å². The Morgan fingerprint density at radius 2 is 2.05 bits per heavy atom. The number of carbonyl (C=O) groups is 2. The number of thioether (sulfide) groups is 1. The van der Waals surface area contributed by atoms with E-state index >= 15 is 0 Å². The molecule has 2 atom stereocenters. The second-order valence-electron chi connectivity index (χ2n) is 4.11. The van der Waals surface area contributed by atoms with Crippen molar-refractivity contribution in [2.24, 2.45) is 0 Å². The predicted octanol–water partition coefficient (Wildman–Crippen LogP) is 3.17. The second kappa shape index (κ2) is 5.61. The molecule has 1 fully saturated rings. The quantitative estimate of drug-likeness (QED) is 0.871. The van der Waals surface area contributed by atoms with Crippen molar-refractivity contribution in [3.05, 3.63) is 28.2 Å². The lowest BCUT2D eigenvalue weighted by molar-refractivity contribution is -0.118. The summed E-state index contributed by atoms with van der Waals surface area (Å²) < 4.78 is 0. The summed E-state index contributed by atoms with van der Waals surface area (Å²) in [4.78, 5) is 25.3. The molecule has 2 unspecified atom stereocenters. The van der Waals surface area contributed by atoms with Crippen molar-refractivity contribution < 1.29 is 9.59 Å². The van der Waals surface area contributed by atoms with E-state index in [4.69, 9.17) is 23.2 Å². The summed E-state index contributed by atoms with van der Waals surface area (Å²) in [7, 11) is 0. The molecule has 1 aliphatic heterocycles. The molecule has 1 aromatic carbocycles. The van der Waals surface area contributed by atoms with Gasteiger partial charge in [0, 0.05) is 5.25 Å². The molecule has 0 spiro atoms. The van der Waals surface area contributed by atoms with Crippen LogP contribution in [0.4, 0.5) is 10.5 Å². The van der Waals surface area contributed by atoms with Gasteiger partial charge < -0.3 is 5.32 Å². The van der Waals surface area contributed by atoms with Crippen LogP contribution in [0.2, 0.25) is 10.0 Å². The molecule has 1 aliphatic rings. The predicted molar refractivity (Wildman–Crippen MR) is 79.2 cm³/mol. The SMILES string of the molecule is CSC(C)C1NC(=O)N(c2cccc(Cl)c2Cl)C1=O. The van der Waals surface area contributed by atoms with Gasteiger partial charge in [-0.3, -0.25) is 4.79 Å². The smallest absolute Gasteiger partial charge is 0.324 e. The number of nitrogens with zero attached hydrogens (tertiary/aromatic N) is 1. The molecular formula is C12H12Cl2N2O2S. The van der Waals surface area contributed by atoms with Crippen LogP contribution < -0.4 is 10.2 Å². The third kappa shape index (κ3) is 2.55. The standard InChI is InChI=1S/C12H12Cl2N2O2S/c1-6(19-2)10-11(17)16(12(18)15-10)8-5-3-4-7(13)9(8)14/h3-6,10H,1-2H3,(H,15,18). The summed E-state index contributed by atoms with van der Waals surface area (Å²) in [5, 5.41) is 3.16. The first-order valence-electron chi connectivity index (χ1n) is 5.58. The summed E-state index contributed by atoms with van der Waals surface area (Å²) in [6.45, 7) is 1.89. The molecular weight excluding hydrogens is 307 g/mol. The summed E-state index contributed by atoms with van der Waals surface area (Å²) in [5.74, 6) is -0.309. The fourth-order valence-corrected chi connectivity index (χ4v) is 2.68. The fraction of sp³-hybridized carbons (Fsp3) is 0.333. The van der Waals surface area contributed by atoms with Crippen LogP contribution in [0.1, 0.15) is 6.92 Å². The normalized spacial score (nSPS) is 20.6. The Kier molecular flexibility index (Phi) is 4.28. The van der Waals surface area contributed by atoms with E-state index in [9.17, 15) is 9.59 Å². The van der Waals surface area contributed by atoms with E-state index in [0.29, 0.717) is 10.7 Å². The van der Waals surface area contributed by atoms with Gasteiger partial charge in [-0.1, -0.05) is 36.2 Å². The Labute approximate surface area is 125 Å². The molecule has 0 radical (unpaired) electrons. The molecule has 102 valence electrons. The van der Waals surface area contributed by atoms with Crippen molar-refractivity contribution >= 4 is 52.6 Å². The molecule has 0 bridgehead atoms. The van der Waals surface area contributed by atoms with Gasteiger partial charge in [0.2, 0.25) is 0 Å². The maximum Gasteiger partial charge on any atom is 0.329 e. The van der Waals surface area contributed by atoms with Gasteiger partial charge in [-0.15, -0.1) is 0 Å². The lowest BCUT2D eigenvalue weighted by Crippen LogP contribution is -2.37. The number of carbonyl (C=O) groups excluding carboxylic acids is 2. The zero-order valence-corrected chi connectivity index (χ0v) is 12.6. The van der Waals surface area contributed by atoms with E-state index in [0.717, 1.165) is 4.90 Å². The summed E-state index contributed by atoms with van der Waals surface area (Å²) >= 11 is 13.5. The number of hydrogen-bond donors (Lipinski definition) is 1. The van der Waals surface area contributed by atoms with Gasteiger partial charge in [-0.05, 0) is 18.4 Å². The number of imide groups is 1. The Morgan fingerprint density at radius 3 is 2.68 bits per heavy atom. The number of urea groups is 1. The van der Waals surface area contributed by atoms with Crippen molar-refractivity contribution in [2.45, 2.75) is 18.2 Å². The first-order chi connectivity index (χ1) is 8.97. The molecule has 7 heteroatoms. The lowest BCUT2D eigenvalue weighted by atomic mass is 10.2. The van der Waals surface area contributed by atoms with E-state index in [2.05, 4.69) is 5.32 Å². The molecule has 19 heavy (non-hydrogen) atoms. The maximum absolute atomic E-state index is 12.3. The molecule has 1 N–H and O–H groups in total. The van der Waals surface area contributed by atoms with E-state index in [1.165, 1.54) is 11.8 Å². The molecule has 0 saturated carbocycles.